The highest BCUT2D eigenvalue weighted by Crippen LogP contribution is 2.44. The summed E-state index contributed by atoms with van der Waals surface area (Å²) in [5.41, 5.74) is 4.25. The smallest absolute Gasteiger partial charge is 0.119 e. The van der Waals surface area contributed by atoms with Crippen LogP contribution in [0.3, 0.4) is 0 Å². The van der Waals surface area contributed by atoms with Crippen molar-refractivity contribution in [3.8, 4) is 5.75 Å². The molecule has 0 saturated carbocycles. The molecule has 1 N–H and O–H groups in total. The zero-order valence-electron chi connectivity index (χ0n) is 13.6. The monoisotopic (exact) mass is 326 g/mol. The quantitative estimate of drug-likeness (QED) is 0.935. The molecular formula is C19H22N2OS. The van der Waals surface area contributed by atoms with E-state index in [1.807, 2.05) is 11.8 Å². The molecule has 0 aliphatic carbocycles. The average Bonchev–Trinajstić information content (AvgIpc) is 2.71. The molecule has 2 aliphatic rings. The van der Waals surface area contributed by atoms with Crippen LogP contribution >= 0.6 is 11.8 Å². The Morgan fingerprint density at radius 3 is 2.74 bits per heavy atom. The van der Waals surface area contributed by atoms with Crippen LogP contribution in [0.1, 0.15) is 22.7 Å². The van der Waals surface area contributed by atoms with E-state index in [1.165, 1.54) is 21.6 Å². The molecule has 1 saturated heterocycles. The minimum Gasteiger partial charge on any atom is -0.497 e. The molecule has 2 aromatic rings. The maximum atomic E-state index is 5.49. The lowest BCUT2D eigenvalue weighted by atomic mass is 9.90. The lowest BCUT2D eigenvalue weighted by Gasteiger charge is -2.45. The normalized spacial score (nSPS) is 21.0. The molecule has 23 heavy (non-hydrogen) atoms. The van der Waals surface area contributed by atoms with E-state index in [9.17, 15) is 0 Å². The maximum absolute atomic E-state index is 5.49. The van der Waals surface area contributed by atoms with Gasteiger partial charge in [0.2, 0.25) is 0 Å². The van der Waals surface area contributed by atoms with Gasteiger partial charge in [0.05, 0.1) is 13.2 Å². The number of thioether (sulfide) groups is 1. The zero-order valence-corrected chi connectivity index (χ0v) is 14.4. The molecule has 4 heteroatoms. The van der Waals surface area contributed by atoms with E-state index in [4.69, 9.17) is 4.74 Å². The van der Waals surface area contributed by atoms with Crippen LogP contribution < -0.4 is 10.1 Å². The van der Waals surface area contributed by atoms with Gasteiger partial charge in [0.25, 0.3) is 0 Å². The van der Waals surface area contributed by atoms with Crippen LogP contribution in [0.5, 0.6) is 5.75 Å². The highest BCUT2D eigenvalue weighted by molar-refractivity contribution is 7.98. The fraction of sp³-hybridized carbons (Fsp3) is 0.368. The summed E-state index contributed by atoms with van der Waals surface area (Å²) < 4.78 is 5.49. The standard InChI is InChI=1S/C19H22N2OS/c1-20-14-10-21(11-14)19-16-5-3-4-6-18(16)23-12-13-7-8-15(22-2)9-17(13)19/h3-9,14,19-20H,10-12H2,1-2H3. The van der Waals surface area contributed by atoms with Crippen LogP contribution in [0.2, 0.25) is 0 Å². The Kier molecular flexibility index (Phi) is 4.05. The Morgan fingerprint density at radius 2 is 1.96 bits per heavy atom. The third-order valence-corrected chi connectivity index (χ3v) is 6.07. The number of hydrogen-bond donors (Lipinski definition) is 1. The van der Waals surface area contributed by atoms with Crippen LogP contribution in [-0.2, 0) is 5.75 Å². The van der Waals surface area contributed by atoms with E-state index in [0.717, 1.165) is 24.6 Å². The molecule has 4 rings (SSSR count). The third-order valence-electron chi connectivity index (χ3n) is 4.93. The van der Waals surface area contributed by atoms with Gasteiger partial charge in [-0.05, 0) is 41.9 Å². The molecule has 2 aliphatic heterocycles. The third kappa shape index (κ3) is 2.65. The van der Waals surface area contributed by atoms with Gasteiger partial charge in [-0.1, -0.05) is 24.3 Å². The second kappa shape index (κ2) is 6.19. The molecule has 2 heterocycles. The van der Waals surface area contributed by atoms with Crippen LogP contribution in [0.25, 0.3) is 0 Å². The number of likely N-dealkylation sites (tertiary alicyclic amines) is 1. The van der Waals surface area contributed by atoms with Crippen LogP contribution in [0.4, 0.5) is 0 Å². The zero-order chi connectivity index (χ0) is 15.8. The lowest BCUT2D eigenvalue weighted by Crippen LogP contribution is -2.58. The first-order valence-corrected chi connectivity index (χ1v) is 9.08. The van der Waals surface area contributed by atoms with E-state index in [-0.39, 0.29) is 0 Å². The number of rotatable bonds is 3. The number of nitrogens with zero attached hydrogens (tertiary/aromatic N) is 1. The molecule has 120 valence electrons. The van der Waals surface area contributed by atoms with Crippen LogP contribution in [0.15, 0.2) is 47.4 Å². The van der Waals surface area contributed by atoms with Gasteiger partial charge in [-0.15, -0.1) is 11.8 Å². The summed E-state index contributed by atoms with van der Waals surface area (Å²) in [4.78, 5) is 3.98. The number of nitrogens with one attached hydrogen (secondary N) is 1. The van der Waals surface area contributed by atoms with Crippen molar-refractivity contribution < 1.29 is 4.74 Å². The first-order valence-electron chi connectivity index (χ1n) is 8.10. The summed E-state index contributed by atoms with van der Waals surface area (Å²) >= 11 is 1.94. The van der Waals surface area contributed by atoms with Crippen molar-refractivity contribution in [1.82, 2.24) is 10.2 Å². The summed E-state index contributed by atoms with van der Waals surface area (Å²) in [7, 11) is 3.80. The molecular weight excluding hydrogens is 304 g/mol. The van der Waals surface area contributed by atoms with E-state index in [1.54, 1.807) is 7.11 Å². The van der Waals surface area contributed by atoms with Gasteiger partial charge >= 0.3 is 0 Å². The number of benzene rings is 2. The van der Waals surface area contributed by atoms with Crippen molar-refractivity contribution in [2.45, 2.75) is 22.7 Å². The average molecular weight is 326 g/mol. The first-order chi connectivity index (χ1) is 11.3. The lowest BCUT2D eigenvalue weighted by molar-refractivity contribution is 0.0963. The van der Waals surface area contributed by atoms with Crippen LogP contribution in [0, 0.1) is 0 Å². The van der Waals surface area contributed by atoms with Crippen molar-refractivity contribution >= 4 is 11.8 Å². The Balaban J connectivity index is 1.81. The molecule has 3 nitrogen and oxygen atoms in total. The predicted molar refractivity (Wildman–Crippen MR) is 95.3 cm³/mol. The van der Waals surface area contributed by atoms with E-state index < -0.39 is 0 Å². The van der Waals surface area contributed by atoms with E-state index in [0.29, 0.717) is 12.1 Å². The summed E-state index contributed by atoms with van der Waals surface area (Å²) in [6.07, 6.45) is 0. The van der Waals surface area contributed by atoms with Crippen molar-refractivity contribution in [3.63, 3.8) is 0 Å². The fourth-order valence-electron chi connectivity index (χ4n) is 3.55. The van der Waals surface area contributed by atoms with Gasteiger partial charge in [-0.25, -0.2) is 0 Å². The number of ether oxygens (including phenoxy) is 1. The summed E-state index contributed by atoms with van der Waals surface area (Å²) in [5.74, 6) is 1.97. The second-order valence-electron chi connectivity index (χ2n) is 6.23. The Hall–Kier alpha value is -1.49. The first kappa shape index (κ1) is 15.1. The van der Waals surface area contributed by atoms with E-state index >= 15 is 0 Å². The number of fused-ring (bicyclic) bond motifs is 2. The maximum Gasteiger partial charge on any atom is 0.119 e. The number of methoxy groups -OCH3 is 1. The van der Waals surface area contributed by atoms with Crippen molar-refractivity contribution in [3.05, 3.63) is 59.2 Å². The molecule has 2 aromatic carbocycles. The second-order valence-corrected chi connectivity index (χ2v) is 7.25. The molecule has 0 bridgehead atoms. The van der Waals surface area contributed by atoms with Gasteiger partial charge in [0, 0.05) is 29.8 Å². The number of likely N-dealkylation sites (N-methyl/N-ethyl adjacent to an activating group) is 1. The Bertz CT molecular complexity index is 712. The van der Waals surface area contributed by atoms with Gasteiger partial charge in [-0.2, -0.15) is 0 Å². The topological polar surface area (TPSA) is 24.5 Å². The minimum absolute atomic E-state index is 0.330. The molecule has 0 aromatic heterocycles. The van der Waals surface area contributed by atoms with Gasteiger partial charge in [0.1, 0.15) is 5.75 Å². The molecule has 0 amide bonds. The molecule has 1 unspecified atom stereocenters. The molecule has 1 atom stereocenters. The van der Waals surface area contributed by atoms with Gasteiger partial charge < -0.3 is 10.1 Å². The van der Waals surface area contributed by atoms with Crippen molar-refractivity contribution in [2.75, 3.05) is 27.2 Å². The highest BCUT2D eigenvalue weighted by atomic mass is 32.2. The Labute approximate surface area is 142 Å². The summed E-state index contributed by atoms with van der Waals surface area (Å²) in [6, 6.07) is 16.3. The van der Waals surface area contributed by atoms with Crippen molar-refractivity contribution in [1.29, 1.82) is 0 Å². The van der Waals surface area contributed by atoms with E-state index in [2.05, 4.69) is 59.7 Å². The largest absolute Gasteiger partial charge is 0.497 e. The fourth-order valence-corrected chi connectivity index (χ4v) is 4.64. The Morgan fingerprint density at radius 1 is 1.13 bits per heavy atom. The summed E-state index contributed by atoms with van der Waals surface area (Å²) in [5, 5.41) is 3.39. The SMILES string of the molecule is CNC1CN(C2c3cc(OC)ccc3CSc3ccccc32)C1. The summed E-state index contributed by atoms with van der Waals surface area (Å²) in [6.45, 7) is 2.19. The van der Waals surface area contributed by atoms with Crippen LogP contribution in [-0.4, -0.2) is 38.2 Å². The van der Waals surface area contributed by atoms with Crippen molar-refractivity contribution in [2.24, 2.45) is 0 Å². The minimum atomic E-state index is 0.330. The van der Waals surface area contributed by atoms with Gasteiger partial charge in [-0.3, -0.25) is 4.90 Å². The molecule has 0 spiro atoms. The molecule has 1 fully saturated rings. The van der Waals surface area contributed by atoms with Gasteiger partial charge in [0.15, 0.2) is 0 Å². The number of hydrogen-bond acceptors (Lipinski definition) is 4. The highest BCUT2D eigenvalue weighted by Gasteiger charge is 2.36. The molecule has 0 radical (unpaired) electrons. The predicted octanol–water partition coefficient (Wildman–Crippen LogP) is 3.29.